The van der Waals surface area contributed by atoms with Crippen LogP contribution in [0, 0.1) is 0 Å². The lowest BCUT2D eigenvalue weighted by molar-refractivity contribution is -0.0403. The lowest BCUT2D eigenvalue weighted by Gasteiger charge is -2.23. The highest BCUT2D eigenvalue weighted by atomic mass is 16.5. The second-order valence-corrected chi connectivity index (χ2v) is 4.64. The lowest BCUT2D eigenvalue weighted by Crippen LogP contribution is -2.26. The fourth-order valence-electron chi connectivity index (χ4n) is 1.89. The molecule has 0 saturated heterocycles. The van der Waals surface area contributed by atoms with Gasteiger partial charge in [-0.15, -0.1) is 0 Å². The van der Waals surface area contributed by atoms with E-state index in [2.05, 4.69) is 10.1 Å². The molecule has 0 amide bonds. The summed E-state index contributed by atoms with van der Waals surface area (Å²) in [5.74, 6) is 0.481. The Morgan fingerprint density at radius 1 is 1.30 bits per heavy atom. The number of phenolic OH excluding ortho intramolecular Hbond substituents is 2. The molecule has 1 aromatic carbocycles. The molecule has 0 radical (unpaired) electrons. The maximum atomic E-state index is 9.80. The van der Waals surface area contributed by atoms with Gasteiger partial charge in [-0.05, 0) is 32.4 Å². The highest BCUT2D eigenvalue weighted by Gasteiger charge is 2.31. The number of benzene rings is 1. The number of nitrogens with zero attached hydrogens (tertiary/aromatic N) is 2. The van der Waals surface area contributed by atoms with Crippen molar-refractivity contribution in [3.05, 3.63) is 24.0 Å². The summed E-state index contributed by atoms with van der Waals surface area (Å²) in [6, 6.07) is 4.19. The van der Waals surface area contributed by atoms with Gasteiger partial charge in [-0.1, -0.05) is 12.1 Å². The standard InChI is InChI=1S/C14H18N2O4/c1-4-14(3,19-5-2)13-15-12(20-16-13)10-7-6-9(17)8-11(10)18/h6-8,17-18H,4-5H2,1-3H3. The molecule has 1 unspecified atom stereocenters. The largest absolute Gasteiger partial charge is 0.508 e. The van der Waals surface area contributed by atoms with Crippen LogP contribution in [0.4, 0.5) is 0 Å². The molecule has 2 aromatic rings. The van der Waals surface area contributed by atoms with Crippen LogP contribution in [0.2, 0.25) is 0 Å². The second kappa shape index (κ2) is 5.50. The van der Waals surface area contributed by atoms with Gasteiger partial charge in [0.25, 0.3) is 5.89 Å². The zero-order chi connectivity index (χ0) is 14.8. The Labute approximate surface area is 117 Å². The van der Waals surface area contributed by atoms with E-state index in [4.69, 9.17) is 9.26 Å². The molecule has 0 spiro atoms. The summed E-state index contributed by atoms with van der Waals surface area (Å²) in [7, 11) is 0. The van der Waals surface area contributed by atoms with Crippen molar-refractivity contribution >= 4 is 0 Å². The first-order chi connectivity index (χ1) is 9.50. The summed E-state index contributed by atoms with van der Waals surface area (Å²) >= 11 is 0. The van der Waals surface area contributed by atoms with Gasteiger partial charge in [-0.2, -0.15) is 4.98 Å². The van der Waals surface area contributed by atoms with Gasteiger partial charge in [0.1, 0.15) is 17.1 Å². The van der Waals surface area contributed by atoms with Gasteiger partial charge in [0, 0.05) is 12.7 Å². The minimum absolute atomic E-state index is 0.0290. The molecule has 0 fully saturated rings. The van der Waals surface area contributed by atoms with E-state index in [0.29, 0.717) is 24.4 Å². The topological polar surface area (TPSA) is 88.6 Å². The van der Waals surface area contributed by atoms with Crippen molar-refractivity contribution in [2.24, 2.45) is 0 Å². The summed E-state index contributed by atoms with van der Waals surface area (Å²) < 4.78 is 10.9. The number of phenols is 2. The molecule has 0 bridgehead atoms. The maximum Gasteiger partial charge on any atom is 0.261 e. The van der Waals surface area contributed by atoms with Crippen LogP contribution < -0.4 is 0 Å². The van der Waals surface area contributed by atoms with Crippen molar-refractivity contribution in [3.63, 3.8) is 0 Å². The Balaban J connectivity index is 2.37. The highest BCUT2D eigenvalue weighted by molar-refractivity contribution is 5.63. The van der Waals surface area contributed by atoms with Crippen molar-refractivity contribution in [1.82, 2.24) is 10.1 Å². The fraction of sp³-hybridized carbons (Fsp3) is 0.429. The molecule has 0 aliphatic rings. The third-order valence-corrected chi connectivity index (χ3v) is 3.25. The molecule has 2 N–H and O–H groups in total. The SMILES string of the molecule is CCOC(C)(CC)c1noc(-c2ccc(O)cc2O)n1. The van der Waals surface area contributed by atoms with Crippen LogP contribution in [0.15, 0.2) is 22.7 Å². The number of aromatic nitrogens is 2. The Hall–Kier alpha value is -2.08. The van der Waals surface area contributed by atoms with Gasteiger partial charge in [-0.25, -0.2) is 0 Å². The minimum atomic E-state index is -0.622. The molecule has 1 aromatic heterocycles. The third kappa shape index (κ3) is 2.60. The van der Waals surface area contributed by atoms with Crippen LogP contribution in [0.5, 0.6) is 11.5 Å². The van der Waals surface area contributed by atoms with Crippen molar-refractivity contribution in [2.45, 2.75) is 32.8 Å². The van der Waals surface area contributed by atoms with Gasteiger partial charge in [0.2, 0.25) is 5.82 Å². The average molecular weight is 278 g/mol. The first-order valence-electron chi connectivity index (χ1n) is 6.50. The summed E-state index contributed by atoms with van der Waals surface area (Å²) in [6.07, 6.45) is 0.696. The monoisotopic (exact) mass is 278 g/mol. The smallest absolute Gasteiger partial charge is 0.261 e. The molecular formula is C14H18N2O4. The Morgan fingerprint density at radius 3 is 2.65 bits per heavy atom. The Kier molecular flexibility index (Phi) is 3.94. The van der Waals surface area contributed by atoms with Gasteiger partial charge in [-0.3, -0.25) is 0 Å². The van der Waals surface area contributed by atoms with Gasteiger partial charge in [0.05, 0.1) is 5.56 Å². The number of rotatable bonds is 5. The molecule has 1 atom stereocenters. The minimum Gasteiger partial charge on any atom is -0.508 e. The summed E-state index contributed by atoms with van der Waals surface area (Å²) in [5.41, 5.74) is -0.250. The number of aromatic hydroxyl groups is 2. The molecule has 6 nitrogen and oxygen atoms in total. The van der Waals surface area contributed by atoms with E-state index < -0.39 is 5.60 Å². The average Bonchev–Trinajstić information content (AvgIpc) is 2.89. The third-order valence-electron chi connectivity index (χ3n) is 3.25. The van der Waals surface area contributed by atoms with Gasteiger partial charge >= 0.3 is 0 Å². The zero-order valence-corrected chi connectivity index (χ0v) is 11.8. The van der Waals surface area contributed by atoms with E-state index in [1.165, 1.54) is 18.2 Å². The van der Waals surface area contributed by atoms with Crippen LogP contribution in [0.1, 0.15) is 33.0 Å². The van der Waals surface area contributed by atoms with E-state index in [-0.39, 0.29) is 17.4 Å². The van der Waals surface area contributed by atoms with Gasteiger partial charge < -0.3 is 19.5 Å². The predicted molar refractivity (Wildman–Crippen MR) is 72.3 cm³/mol. The Bertz CT molecular complexity index is 597. The summed E-state index contributed by atoms with van der Waals surface area (Å²) in [6.45, 7) is 6.31. The van der Waals surface area contributed by atoms with E-state index in [1.807, 2.05) is 20.8 Å². The van der Waals surface area contributed by atoms with Crippen molar-refractivity contribution in [2.75, 3.05) is 6.61 Å². The first kappa shape index (κ1) is 14.3. The highest BCUT2D eigenvalue weighted by Crippen LogP contribution is 2.33. The van der Waals surface area contributed by atoms with E-state index in [9.17, 15) is 10.2 Å². The van der Waals surface area contributed by atoms with Crippen LogP contribution >= 0.6 is 0 Å². The summed E-state index contributed by atoms with van der Waals surface area (Å²) in [4.78, 5) is 4.29. The molecule has 0 aliphatic carbocycles. The van der Waals surface area contributed by atoms with Crippen molar-refractivity contribution < 1.29 is 19.5 Å². The van der Waals surface area contributed by atoms with Crippen molar-refractivity contribution in [1.29, 1.82) is 0 Å². The van der Waals surface area contributed by atoms with E-state index in [1.54, 1.807) is 0 Å². The number of hydrogen-bond donors (Lipinski definition) is 2. The summed E-state index contributed by atoms with van der Waals surface area (Å²) in [5, 5.41) is 23.0. The van der Waals surface area contributed by atoms with Crippen LogP contribution in [-0.2, 0) is 10.3 Å². The second-order valence-electron chi connectivity index (χ2n) is 4.64. The van der Waals surface area contributed by atoms with E-state index in [0.717, 1.165) is 0 Å². The quantitative estimate of drug-likeness (QED) is 0.874. The van der Waals surface area contributed by atoms with E-state index >= 15 is 0 Å². The van der Waals surface area contributed by atoms with Crippen LogP contribution in [0.3, 0.4) is 0 Å². The molecule has 0 aliphatic heterocycles. The normalized spacial score (nSPS) is 14.2. The number of ether oxygens (including phenoxy) is 1. The predicted octanol–water partition coefficient (Wildman–Crippen LogP) is 2.81. The molecule has 1 heterocycles. The fourth-order valence-corrected chi connectivity index (χ4v) is 1.89. The van der Waals surface area contributed by atoms with Crippen LogP contribution in [-0.4, -0.2) is 27.0 Å². The Morgan fingerprint density at radius 2 is 2.05 bits per heavy atom. The lowest BCUT2D eigenvalue weighted by atomic mass is 10.0. The molecule has 0 saturated carbocycles. The molecular weight excluding hydrogens is 260 g/mol. The molecule has 6 heteroatoms. The zero-order valence-electron chi connectivity index (χ0n) is 11.8. The molecule has 2 rings (SSSR count). The van der Waals surface area contributed by atoms with Crippen molar-refractivity contribution in [3.8, 4) is 23.0 Å². The molecule has 20 heavy (non-hydrogen) atoms. The maximum absolute atomic E-state index is 9.80. The first-order valence-corrected chi connectivity index (χ1v) is 6.50. The molecule has 108 valence electrons. The van der Waals surface area contributed by atoms with Crippen LogP contribution in [0.25, 0.3) is 11.5 Å². The number of hydrogen-bond acceptors (Lipinski definition) is 6. The van der Waals surface area contributed by atoms with Gasteiger partial charge in [0.15, 0.2) is 0 Å².